The Kier molecular flexibility index (Phi) is 2.20. The zero-order chi connectivity index (χ0) is 10.6. The van der Waals surface area contributed by atoms with Crippen LogP contribution < -0.4 is 0 Å². The van der Waals surface area contributed by atoms with Crippen molar-refractivity contribution < 1.29 is 9.47 Å². The predicted molar refractivity (Wildman–Crippen MR) is 56.2 cm³/mol. The van der Waals surface area contributed by atoms with E-state index in [4.69, 9.17) is 9.47 Å². The molecule has 82 valence electrons. The number of hydrogen-bond acceptors (Lipinski definition) is 2. The molecule has 0 radical (unpaired) electrons. The maximum absolute atomic E-state index is 5.74. The van der Waals surface area contributed by atoms with Gasteiger partial charge in [0, 0.05) is 14.2 Å². The van der Waals surface area contributed by atoms with Crippen molar-refractivity contribution in [1.82, 2.24) is 0 Å². The Morgan fingerprint density at radius 3 is 2.14 bits per heavy atom. The van der Waals surface area contributed by atoms with Gasteiger partial charge in [0.25, 0.3) is 0 Å². The van der Waals surface area contributed by atoms with E-state index in [0.29, 0.717) is 11.3 Å². The third-order valence-corrected chi connectivity index (χ3v) is 5.02. The Labute approximate surface area is 87.0 Å². The molecule has 3 aliphatic carbocycles. The number of hydrogen-bond donors (Lipinski definition) is 0. The molecule has 3 aliphatic rings. The highest BCUT2D eigenvalue weighted by atomic mass is 16.5. The van der Waals surface area contributed by atoms with Crippen LogP contribution in [0.25, 0.3) is 0 Å². The van der Waals surface area contributed by atoms with Crippen LogP contribution in [0.4, 0.5) is 0 Å². The molecule has 0 heterocycles. The molecule has 0 N–H and O–H groups in total. The molecule has 0 amide bonds. The largest absolute Gasteiger partial charge is 0.378 e. The van der Waals surface area contributed by atoms with Crippen LogP contribution in [0.3, 0.4) is 0 Å². The monoisotopic (exact) mass is 198 g/mol. The van der Waals surface area contributed by atoms with Gasteiger partial charge in [-0.3, -0.25) is 0 Å². The molecular formula is C12H22O2. The SMILES string of the molecule is CO[C@@H]1C[C@@H]2C[C@@H](C2(C)C)[C@]1(C)OC. The lowest BCUT2D eigenvalue weighted by Crippen LogP contribution is -2.67. The van der Waals surface area contributed by atoms with Crippen LogP contribution in [0.15, 0.2) is 0 Å². The van der Waals surface area contributed by atoms with Gasteiger partial charge in [0.2, 0.25) is 0 Å². The van der Waals surface area contributed by atoms with E-state index in [-0.39, 0.29) is 11.7 Å². The van der Waals surface area contributed by atoms with Crippen LogP contribution in [0.1, 0.15) is 33.6 Å². The van der Waals surface area contributed by atoms with Crippen LogP contribution in [-0.4, -0.2) is 25.9 Å². The Morgan fingerprint density at radius 1 is 1.07 bits per heavy atom. The van der Waals surface area contributed by atoms with E-state index in [2.05, 4.69) is 20.8 Å². The first kappa shape index (κ1) is 10.4. The van der Waals surface area contributed by atoms with Crippen molar-refractivity contribution in [2.45, 2.75) is 45.3 Å². The summed E-state index contributed by atoms with van der Waals surface area (Å²) in [4.78, 5) is 0. The van der Waals surface area contributed by atoms with E-state index in [0.717, 1.165) is 12.3 Å². The zero-order valence-corrected chi connectivity index (χ0v) is 9.96. The van der Waals surface area contributed by atoms with Crippen LogP contribution in [-0.2, 0) is 9.47 Å². The normalized spacial score (nSPS) is 49.9. The molecule has 2 heteroatoms. The molecule has 0 saturated heterocycles. The van der Waals surface area contributed by atoms with Crippen molar-refractivity contribution in [3.05, 3.63) is 0 Å². The number of ether oxygens (including phenoxy) is 2. The highest BCUT2D eigenvalue weighted by molar-refractivity contribution is 5.13. The Hall–Kier alpha value is -0.0800. The third-order valence-electron chi connectivity index (χ3n) is 5.02. The van der Waals surface area contributed by atoms with Crippen molar-refractivity contribution in [1.29, 1.82) is 0 Å². The summed E-state index contributed by atoms with van der Waals surface area (Å²) in [5, 5.41) is 0. The van der Waals surface area contributed by atoms with Gasteiger partial charge in [-0.25, -0.2) is 0 Å². The van der Waals surface area contributed by atoms with Gasteiger partial charge in [0.1, 0.15) is 0 Å². The second kappa shape index (κ2) is 2.96. The molecule has 4 atom stereocenters. The van der Waals surface area contributed by atoms with Crippen LogP contribution in [0.2, 0.25) is 0 Å². The summed E-state index contributed by atoms with van der Waals surface area (Å²) in [5.41, 5.74) is 0.368. The molecule has 0 aromatic heterocycles. The summed E-state index contributed by atoms with van der Waals surface area (Å²) in [6, 6.07) is 0. The highest BCUT2D eigenvalue weighted by Gasteiger charge is 2.63. The lowest BCUT2D eigenvalue weighted by Gasteiger charge is -2.65. The smallest absolute Gasteiger partial charge is 0.0944 e. The van der Waals surface area contributed by atoms with Crippen molar-refractivity contribution in [3.63, 3.8) is 0 Å². The van der Waals surface area contributed by atoms with Crippen LogP contribution >= 0.6 is 0 Å². The topological polar surface area (TPSA) is 18.5 Å². The van der Waals surface area contributed by atoms with Crippen LogP contribution in [0.5, 0.6) is 0 Å². The molecular weight excluding hydrogens is 176 g/mol. The first-order valence-corrected chi connectivity index (χ1v) is 5.54. The Morgan fingerprint density at radius 2 is 1.71 bits per heavy atom. The van der Waals surface area contributed by atoms with Gasteiger partial charge in [-0.05, 0) is 37.0 Å². The minimum Gasteiger partial charge on any atom is -0.378 e. The van der Waals surface area contributed by atoms with Gasteiger partial charge < -0.3 is 9.47 Å². The average Bonchev–Trinajstić information content (AvgIpc) is 2.17. The molecule has 0 aromatic carbocycles. The molecule has 2 bridgehead atoms. The summed E-state index contributed by atoms with van der Waals surface area (Å²) in [6.45, 7) is 6.95. The average molecular weight is 198 g/mol. The number of rotatable bonds is 2. The molecule has 3 fully saturated rings. The first-order valence-electron chi connectivity index (χ1n) is 5.54. The van der Waals surface area contributed by atoms with Gasteiger partial charge in [-0.15, -0.1) is 0 Å². The standard InChI is InChI=1S/C12H22O2/c1-11(2)8-6-9(11)12(3,14-5)10(7-8)13-4/h8-10H,6-7H2,1-5H3/t8-,9-,10+,12-/m0/s1. The maximum Gasteiger partial charge on any atom is 0.0944 e. The highest BCUT2D eigenvalue weighted by Crippen LogP contribution is 2.63. The molecule has 0 aromatic rings. The van der Waals surface area contributed by atoms with Gasteiger partial charge in [0.15, 0.2) is 0 Å². The summed E-state index contributed by atoms with van der Waals surface area (Å²) in [7, 11) is 3.63. The van der Waals surface area contributed by atoms with E-state index in [1.54, 1.807) is 7.11 Å². The molecule has 2 nitrogen and oxygen atoms in total. The van der Waals surface area contributed by atoms with E-state index in [1.165, 1.54) is 6.42 Å². The lowest BCUT2D eigenvalue weighted by atomic mass is 9.43. The van der Waals surface area contributed by atoms with E-state index >= 15 is 0 Å². The van der Waals surface area contributed by atoms with Crippen molar-refractivity contribution in [2.24, 2.45) is 17.3 Å². The lowest BCUT2D eigenvalue weighted by molar-refractivity contribution is -0.262. The van der Waals surface area contributed by atoms with Crippen molar-refractivity contribution in [2.75, 3.05) is 14.2 Å². The van der Waals surface area contributed by atoms with Crippen LogP contribution in [0, 0.1) is 17.3 Å². The number of fused-ring (bicyclic) bond motifs is 2. The van der Waals surface area contributed by atoms with Gasteiger partial charge in [0.05, 0.1) is 11.7 Å². The molecule has 14 heavy (non-hydrogen) atoms. The molecule has 3 saturated carbocycles. The van der Waals surface area contributed by atoms with E-state index < -0.39 is 0 Å². The minimum atomic E-state index is -0.0764. The molecule has 0 unspecified atom stereocenters. The predicted octanol–water partition coefficient (Wildman–Crippen LogP) is 2.47. The van der Waals surface area contributed by atoms with Crippen molar-refractivity contribution in [3.8, 4) is 0 Å². The van der Waals surface area contributed by atoms with E-state index in [9.17, 15) is 0 Å². The third kappa shape index (κ3) is 1.04. The molecule has 3 rings (SSSR count). The quantitative estimate of drug-likeness (QED) is 0.678. The second-order valence-electron chi connectivity index (χ2n) is 5.65. The first-order chi connectivity index (χ1) is 6.46. The summed E-state index contributed by atoms with van der Waals surface area (Å²) >= 11 is 0. The fourth-order valence-electron chi connectivity index (χ4n) is 3.71. The minimum absolute atomic E-state index is 0.0764. The van der Waals surface area contributed by atoms with Gasteiger partial charge >= 0.3 is 0 Å². The number of methoxy groups -OCH3 is 2. The van der Waals surface area contributed by atoms with Gasteiger partial charge in [-0.1, -0.05) is 13.8 Å². The Balaban J connectivity index is 2.26. The van der Waals surface area contributed by atoms with E-state index in [1.807, 2.05) is 7.11 Å². The fraction of sp³-hybridized carbons (Fsp3) is 1.00. The maximum atomic E-state index is 5.74. The summed E-state index contributed by atoms with van der Waals surface area (Å²) < 4.78 is 11.3. The summed E-state index contributed by atoms with van der Waals surface area (Å²) in [6.07, 6.45) is 2.76. The van der Waals surface area contributed by atoms with Crippen molar-refractivity contribution >= 4 is 0 Å². The Bertz CT molecular complexity index is 236. The molecule has 0 spiro atoms. The zero-order valence-electron chi connectivity index (χ0n) is 9.96. The van der Waals surface area contributed by atoms with Gasteiger partial charge in [-0.2, -0.15) is 0 Å². The second-order valence-corrected chi connectivity index (χ2v) is 5.65. The fourth-order valence-corrected chi connectivity index (χ4v) is 3.71. The summed E-state index contributed by atoms with van der Waals surface area (Å²) in [5.74, 6) is 1.49. The molecule has 0 aliphatic heterocycles.